The molecule has 11 aromatic rings. The lowest BCUT2D eigenvalue weighted by atomic mass is 9.89. The molecular formula is C54H35N3. The maximum absolute atomic E-state index is 5.65. The number of aromatic nitrogens is 3. The Morgan fingerprint density at radius 1 is 0.368 bits per heavy atom. The summed E-state index contributed by atoms with van der Waals surface area (Å²) >= 11 is 0. The van der Waals surface area contributed by atoms with E-state index in [-0.39, 0.29) is 5.92 Å². The van der Waals surface area contributed by atoms with Gasteiger partial charge in [-0.25, -0.2) is 0 Å². The summed E-state index contributed by atoms with van der Waals surface area (Å²) in [5.41, 5.74) is 17.7. The first-order valence-corrected chi connectivity index (χ1v) is 19.7. The number of hydrogen-bond donors (Lipinski definition) is 0. The Kier molecular flexibility index (Phi) is 6.99. The molecule has 0 amide bonds. The van der Waals surface area contributed by atoms with Crippen LogP contribution in [-0.4, -0.2) is 14.1 Å². The monoisotopic (exact) mass is 725 g/mol. The first kappa shape index (κ1) is 31.8. The van der Waals surface area contributed by atoms with Gasteiger partial charge in [-0.1, -0.05) is 152 Å². The van der Waals surface area contributed by atoms with Crippen LogP contribution in [0, 0.1) is 0 Å². The van der Waals surface area contributed by atoms with Gasteiger partial charge in [0.1, 0.15) is 0 Å². The highest BCUT2D eigenvalue weighted by Gasteiger charge is 2.35. The molecule has 0 saturated heterocycles. The Morgan fingerprint density at radius 3 is 1.63 bits per heavy atom. The van der Waals surface area contributed by atoms with E-state index in [0.29, 0.717) is 0 Å². The first-order valence-electron chi connectivity index (χ1n) is 19.7. The third-order valence-electron chi connectivity index (χ3n) is 12.0. The van der Waals surface area contributed by atoms with Gasteiger partial charge in [0, 0.05) is 38.5 Å². The predicted molar refractivity (Wildman–Crippen MR) is 237 cm³/mol. The largest absolute Gasteiger partial charge is 0.309 e. The third-order valence-corrected chi connectivity index (χ3v) is 12.0. The lowest BCUT2D eigenvalue weighted by Crippen LogP contribution is -2.06. The van der Waals surface area contributed by atoms with E-state index in [1.807, 2.05) is 0 Å². The minimum absolute atomic E-state index is 0.0778. The van der Waals surface area contributed by atoms with Gasteiger partial charge in [0.15, 0.2) is 0 Å². The molecule has 1 atom stereocenters. The normalized spacial score (nSPS) is 13.4. The molecule has 0 N–H and O–H groups in total. The zero-order chi connectivity index (χ0) is 37.5. The maximum atomic E-state index is 5.65. The fraction of sp³-hybridized carbons (Fsp3) is 0.0185. The highest BCUT2D eigenvalue weighted by Crippen LogP contribution is 2.52. The van der Waals surface area contributed by atoms with Crippen molar-refractivity contribution in [3.05, 3.63) is 223 Å². The number of hydrogen-bond acceptors (Lipinski definition) is 1. The topological polar surface area (TPSA) is 22.8 Å². The molecule has 1 aliphatic rings. The molecule has 3 aromatic heterocycles. The molecule has 0 saturated carbocycles. The number of fused-ring (bicyclic) bond motifs is 10. The van der Waals surface area contributed by atoms with Crippen LogP contribution < -0.4 is 0 Å². The SMILES string of the molecule is c1ccc(-c2cc(-c3ccc(-n4c5ccccc5c5ccccc54)cc3)nc(C3c4ccccc4-c4ccc5c6ccccc6n(-c6ccccc6)c5c43)c2)cc1. The van der Waals surface area contributed by atoms with E-state index < -0.39 is 0 Å². The number of nitrogens with zero attached hydrogens (tertiary/aromatic N) is 3. The standard InChI is InChI=1S/C54H35N3/c1-3-15-35(16-4-1)37-33-47(36-27-29-39(30-28-36)56-49-24-12-9-20-41(49)42-21-10-13-25-50(42)56)55-48(34-37)52-44-23-8-7-19-40(44)45-31-32-46-43-22-11-14-26-51(43)57(54(46)53(45)52)38-17-5-2-6-18-38/h1-34,52H. The van der Waals surface area contributed by atoms with Crippen LogP contribution >= 0.6 is 0 Å². The number of rotatable bonds is 5. The van der Waals surface area contributed by atoms with Gasteiger partial charge < -0.3 is 9.13 Å². The highest BCUT2D eigenvalue weighted by atomic mass is 15.0. The molecule has 57 heavy (non-hydrogen) atoms. The summed E-state index contributed by atoms with van der Waals surface area (Å²) in [6, 6.07) is 74.9. The van der Waals surface area contributed by atoms with Crippen LogP contribution in [0.3, 0.4) is 0 Å². The van der Waals surface area contributed by atoms with Crippen molar-refractivity contribution in [2.24, 2.45) is 0 Å². The van der Waals surface area contributed by atoms with Crippen molar-refractivity contribution in [3.63, 3.8) is 0 Å². The second-order valence-corrected chi connectivity index (χ2v) is 15.1. The molecule has 0 fully saturated rings. The Hall–Kier alpha value is -7.49. The quantitative estimate of drug-likeness (QED) is 0.173. The van der Waals surface area contributed by atoms with Gasteiger partial charge in [0.25, 0.3) is 0 Å². The second-order valence-electron chi connectivity index (χ2n) is 15.1. The molecule has 1 unspecified atom stereocenters. The number of para-hydroxylation sites is 4. The summed E-state index contributed by atoms with van der Waals surface area (Å²) in [4.78, 5) is 5.65. The van der Waals surface area contributed by atoms with E-state index >= 15 is 0 Å². The van der Waals surface area contributed by atoms with Crippen molar-refractivity contribution in [3.8, 4) is 44.9 Å². The summed E-state index contributed by atoms with van der Waals surface area (Å²) in [5, 5.41) is 5.03. The summed E-state index contributed by atoms with van der Waals surface area (Å²) in [6.07, 6.45) is 0. The summed E-state index contributed by atoms with van der Waals surface area (Å²) in [7, 11) is 0. The molecule has 12 rings (SSSR count). The molecular weight excluding hydrogens is 691 g/mol. The van der Waals surface area contributed by atoms with Crippen LogP contribution in [0.2, 0.25) is 0 Å². The van der Waals surface area contributed by atoms with E-state index in [4.69, 9.17) is 4.98 Å². The molecule has 0 bridgehead atoms. The fourth-order valence-electron chi connectivity index (χ4n) is 9.54. The van der Waals surface area contributed by atoms with Crippen LogP contribution in [-0.2, 0) is 0 Å². The minimum Gasteiger partial charge on any atom is -0.309 e. The van der Waals surface area contributed by atoms with E-state index in [2.05, 4.69) is 215 Å². The zero-order valence-electron chi connectivity index (χ0n) is 31.0. The van der Waals surface area contributed by atoms with Crippen molar-refractivity contribution < 1.29 is 0 Å². The van der Waals surface area contributed by atoms with E-state index in [1.54, 1.807) is 0 Å². The van der Waals surface area contributed by atoms with E-state index in [9.17, 15) is 0 Å². The van der Waals surface area contributed by atoms with Gasteiger partial charge in [-0.2, -0.15) is 0 Å². The number of benzene rings is 8. The molecule has 266 valence electrons. The van der Waals surface area contributed by atoms with Crippen LogP contribution in [0.5, 0.6) is 0 Å². The van der Waals surface area contributed by atoms with Crippen molar-refractivity contribution in [2.45, 2.75) is 5.92 Å². The fourth-order valence-corrected chi connectivity index (χ4v) is 9.54. The van der Waals surface area contributed by atoms with Crippen molar-refractivity contribution in [1.82, 2.24) is 14.1 Å². The minimum atomic E-state index is -0.0778. The third kappa shape index (κ3) is 4.82. The summed E-state index contributed by atoms with van der Waals surface area (Å²) < 4.78 is 4.84. The predicted octanol–water partition coefficient (Wildman–Crippen LogP) is 13.8. The van der Waals surface area contributed by atoms with Gasteiger partial charge in [-0.05, 0) is 88.0 Å². The van der Waals surface area contributed by atoms with Gasteiger partial charge in [-0.15, -0.1) is 0 Å². The van der Waals surface area contributed by atoms with Gasteiger partial charge >= 0.3 is 0 Å². The lowest BCUT2D eigenvalue weighted by Gasteiger charge is -2.19. The Balaban J connectivity index is 1.09. The summed E-state index contributed by atoms with van der Waals surface area (Å²) in [5.74, 6) is -0.0778. The molecule has 8 aromatic carbocycles. The molecule has 3 heteroatoms. The van der Waals surface area contributed by atoms with Gasteiger partial charge in [0.2, 0.25) is 0 Å². The lowest BCUT2D eigenvalue weighted by molar-refractivity contribution is 0.949. The second kappa shape index (κ2) is 12.5. The Bertz CT molecular complexity index is 3280. The zero-order valence-corrected chi connectivity index (χ0v) is 31.0. The molecule has 1 aliphatic carbocycles. The molecule has 0 radical (unpaired) electrons. The number of pyridine rings is 1. The first-order chi connectivity index (χ1) is 28.3. The molecule has 0 aliphatic heterocycles. The van der Waals surface area contributed by atoms with Gasteiger partial charge in [-0.3, -0.25) is 4.98 Å². The Labute approximate surface area is 330 Å². The van der Waals surface area contributed by atoms with Crippen LogP contribution in [0.25, 0.3) is 88.5 Å². The summed E-state index contributed by atoms with van der Waals surface area (Å²) in [6.45, 7) is 0. The van der Waals surface area contributed by atoms with Crippen LogP contribution in [0.15, 0.2) is 206 Å². The average Bonchev–Trinajstić information content (AvgIpc) is 3.93. The van der Waals surface area contributed by atoms with Crippen molar-refractivity contribution in [2.75, 3.05) is 0 Å². The smallest absolute Gasteiger partial charge is 0.0711 e. The highest BCUT2D eigenvalue weighted by molar-refractivity contribution is 6.13. The molecule has 3 nitrogen and oxygen atoms in total. The molecule has 0 spiro atoms. The van der Waals surface area contributed by atoms with E-state index in [1.165, 1.54) is 71.4 Å². The van der Waals surface area contributed by atoms with E-state index in [0.717, 1.165) is 33.9 Å². The van der Waals surface area contributed by atoms with Crippen molar-refractivity contribution >= 4 is 43.6 Å². The van der Waals surface area contributed by atoms with Crippen LogP contribution in [0.4, 0.5) is 0 Å². The van der Waals surface area contributed by atoms with Gasteiger partial charge in [0.05, 0.1) is 39.4 Å². The average molecular weight is 726 g/mol. The Morgan fingerprint density at radius 2 is 0.930 bits per heavy atom. The molecule has 3 heterocycles. The van der Waals surface area contributed by atoms with Crippen LogP contribution in [0.1, 0.15) is 22.7 Å². The maximum Gasteiger partial charge on any atom is 0.0711 e. The van der Waals surface area contributed by atoms with Crippen molar-refractivity contribution in [1.29, 1.82) is 0 Å².